The van der Waals surface area contributed by atoms with Crippen LogP contribution in [0.2, 0.25) is 0 Å². The number of hydrogen-bond donors (Lipinski definition) is 2. The number of phenols is 2. The van der Waals surface area contributed by atoms with Crippen molar-refractivity contribution in [1.82, 2.24) is 0 Å². The van der Waals surface area contributed by atoms with E-state index >= 15 is 0 Å². The van der Waals surface area contributed by atoms with Crippen LogP contribution in [0, 0.1) is 0 Å². The third-order valence-electron chi connectivity index (χ3n) is 2.86. The van der Waals surface area contributed by atoms with Gasteiger partial charge >= 0.3 is 0 Å². The second-order valence-electron chi connectivity index (χ2n) is 3.81. The molecule has 0 amide bonds. The van der Waals surface area contributed by atoms with Crippen molar-refractivity contribution in [3.63, 3.8) is 0 Å². The van der Waals surface area contributed by atoms with Crippen LogP contribution >= 0.6 is 0 Å². The zero-order valence-corrected chi connectivity index (χ0v) is 8.51. The number of benzene rings is 3. The Morgan fingerprint density at radius 2 is 1.38 bits per heavy atom. The van der Waals surface area contributed by atoms with Crippen molar-refractivity contribution in [2.75, 3.05) is 0 Å². The highest BCUT2D eigenvalue weighted by Gasteiger charge is 2.07. The molecule has 0 aromatic heterocycles. The molecule has 0 saturated heterocycles. The van der Waals surface area contributed by atoms with Gasteiger partial charge in [0.05, 0.1) is 0 Å². The Bertz CT molecular complexity index is 687. The summed E-state index contributed by atoms with van der Waals surface area (Å²) in [6, 6.07) is 14.6. The molecule has 0 unspecified atom stereocenters. The molecule has 2 heteroatoms. The maximum absolute atomic E-state index is 9.88. The number of rotatable bonds is 0. The molecule has 2 nitrogen and oxygen atoms in total. The zero-order valence-electron chi connectivity index (χ0n) is 8.51. The summed E-state index contributed by atoms with van der Waals surface area (Å²) in [4.78, 5) is 0. The van der Waals surface area contributed by atoms with Gasteiger partial charge in [0.1, 0.15) is 11.5 Å². The molecular formula is C14H10O2. The predicted molar refractivity (Wildman–Crippen MR) is 64.8 cm³/mol. The Kier molecular flexibility index (Phi) is 1.77. The second kappa shape index (κ2) is 3.14. The average molecular weight is 210 g/mol. The molecule has 3 aromatic rings. The van der Waals surface area contributed by atoms with Gasteiger partial charge in [-0.1, -0.05) is 30.3 Å². The Balaban J connectivity index is 2.64. The molecule has 3 rings (SSSR count). The third kappa shape index (κ3) is 1.13. The topological polar surface area (TPSA) is 40.5 Å². The first-order chi connectivity index (χ1) is 7.77. The Labute approximate surface area is 92.4 Å². The zero-order chi connectivity index (χ0) is 11.1. The van der Waals surface area contributed by atoms with E-state index in [0.717, 1.165) is 10.8 Å². The number of phenolic OH excluding ortho intramolecular Hbond substituents is 2. The minimum Gasteiger partial charge on any atom is -0.507 e. The van der Waals surface area contributed by atoms with Crippen LogP contribution in [0.3, 0.4) is 0 Å². The standard InChI is InChI=1S/C14H10O2/c15-12-7-8-13(16)14-10-4-2-1-3-9(10)5-6-11(12)14/h1-8,15-16H. The van der Waals surface area contributed by atoms with Crippen molar-refractivity contribution in [2.24, 2.45) is 0 Å². The van der Waals surface area contributed by atoms with Crippen molar-refractivity contribution >= 4 is 21.5 Å². The third-order valence-corrected chi connectivity index (χ3v) is 2.86. The maximum atomic E-state index is 9.88. The van der Waals surface area contributed by atoms with E-state index in [4.69, 9.17) is 0 Å². The van der Waals surface area contributed by atoms with Crippen LogP contribution in [0.5, 0.6) is 11.5 Å². The van der Waals surface area contributed by atoms with Gasteiger partial charge in [-0.3, -0.25) is 0 Å². The monoisotopic (exact) mass is 210 g/mol. The van der Waals surface area contributed by atoms with E-state index in [9.17, 15) is 10.2 Å². The molecule has 0 aliphatic rings. The lowest BCUT2D eigenvalue weighted by Crippen LogP contribution is -1.79. The summed E-state index contributed by atoms with van der Waals surface area (Å²) in [5.41, 5.74) is 0. The maximum Gasteiger partial charge on any atom is 0.124 e. The van der Waals surface area contributed by atoms with E-state index in [-0.39, 0.29) is 11.5 Å². The SMILES string of the molecule is Oc1ccc(O)c2c1ccc1ccccc12. The predicted octanol–water partition coefficient (Wildman–Crippen LogP) is 3.40. The van der Waals surface area contributed by atoms with E-state index in [1.165, 1.54) is 12.1 Å². The molecule has 2 N–H and O–H groups in total. The normalized spacial score (nSPS) is 11.0. The first-order valence-corrected chi connectivity index (χ1v) is 5.10. The molecule has 16 heavy (non-hydrogen) atoms. The van der Waals surface area contributed by atoms with Crippen molar-refractivity contribution < 1.29 is 10.2 Å². The van der Waals surface area contributed by atoms with E-state index < -0.39 is 0 Å². The highest BCUT2D eigenvalue weighted by Crippen LogP contribution is 2.36. The van der Waals surface area contributed by atoms with Gasteiger partial charge in [-0.25, -0.2) is 0 Å². The first kappa shape index (κ1) is 9.04. The van der Waals surface area contributed by atoms with Crippen LogP contribution in [0.15, 0.2) is 48.5 Å². The number of aromatic hydroxyl groups is 2. The fourth-order valence-corrected chi connectivity index (χ4v) is 2.09. The highest BCUT2D eigenvalue weighted by atomic mass is 16.3. The summed E-state index contributed by atoms with van der Waals surface area (Å²) >= 11 is 0. The summed E-state index contributed by atoms with van der Waals surface area (Å²) in [6.45, 7) is 0. The molecule has 0 saturated carbocycles. The summed E-state index contributed by atoms with van der Waals surface area (Å²) < 4.78 is 0. The fourth-order valence-electron chi connectivity index (χ4n) is 2.09. The molecule has 0 bridgehead atoms. The van der Waals surface area contributed by atoms with E-state index in [0.29, 0.717) is 10.8 Å². The van der Waals surface area contributed by atoms with Gasteiger partial charge in [0.15, 0.2) is 0 Å². The summed E-state index contributed by atoms with van der Waals surface area (Å²) in [6.07, 6.45) is 0. The fraction of sp³-hybridized carbons (Fsp3) is 0. The molecule has 0 aliphatic heterocycles. The summed E-state index contributed by atoms with van der Waals surface area (Å²) in [7, 11) is 0. The van der Waals surface area contributed by atoms with Crippen molar-refractivity contribution in [3.8, 4) is 11.5 Å². The van der Waals surface area contributed by atoms with Gasteiger partial charge in [0, 0.05) is 10.8 Å². The number of hydrogen-bond acceptors (Lipinski definition) is 2. The molecule has 3 aromatic carbocycles. The highest BCUT2D eigenvalue weighted by molar-refractivity contribution is 6.12. The Morgan fingerprint density at radius 3 is 2.25 bits per heavy atom. The number of fused-ring (bicyclic) bond motifs is 3. The van der Waals surface area contributed by atoms with Crippen LogP contribution < -0.4 is 0 Å². The molecule has 0 aliphatic carbocycles. The summed E-state index contributed by atoms with van der Waals surface area (Å²) in [5, 5.41) is 23.0. The minimum absolute atomic E-state index is 0.193. The molecular weight excluding hydrogens is 200 g/mol. The van der Waals surface area contributed by atoms with E-state index in [1.807, 2.05) is 36.4 Å². The van der Waals surface area contributed by atoms with Gasteiger partial charge < -0.3 is 10.2 Å². The molecule has 0 heterocycles. The lowest BCUT2D eigenvalue weighted by Gasteiger charge is -2.07. The van der Waals surface area contributed by atoms with Crippen LogP contribution in [-0.4, -0.2) is 10.2 Å². The quantitative estimate of drug-likeness (QED) is 0.441. The van der Waals surface area contributed by atoms with E-state index in [1.54, 1.807) is 0 Å². The van der Waals surface area contributed by atoms with Gasteiger partial charge in [-0.15, -0.1) is 0 Å². The van der Waals surface area contributed by atoms with Gasteiger partial charge in [-0.05, 0) is 29.0 Å². The lowest BCUT2D eigenvalue weighted by molar-refractivity contribution is 0.470. The Hall–Kier alpha value is -2.22. The largest absolute Gasteiger partial charge is 0.507 e. The summed E-state index contributed by atoms with van der Waals surface area (Å²) in [5.74, 6) is 0.392. The van der Waals surface area contributed by atoms with Crippen LogP contribution in [0.25, 0.3) is 21.5 Å². The van der Waals surface area contributed by atoms with Crippen molar-refractivity contribution in [2.45, 2.75) is 0 Å². The van der Waals surface area contributed by atoms with Crippen LogP contribution in [0.1, 0.15) is 0 Å². The average Bonchev–Trinajstić information content (AvgIpc) is 2.33. The van der Waals surface area contributed by atoms with E-state index in [2.05, 4.69) is 0 Å². The molecule has 0 radical (unpaired) electrons. The lowest BCUT2D eigenvalue weighted by atomic mass is 10.0. The van der Waals surface area contributed by atoms with Crippen molar-refractivity contribution in [1.29, 1.82) is 0 Å². The van der Waals surface area contributed by atoms with Crippen LogP contribution in [0.4, 0.5) is 0 Å². The van der Waals surface area contributed by atoms with Gasteiger partial charge in [-0.2, -0.15) is 0 Å². The molecule has 0 spiro atoms. The molecule has 0 atom stereocenters. The smallest absolute Gasteiger partial charge is 0.124 e. The molecule has 78 valence electrons. The van der Waals surface area contributed by atoms with Gasteiger partial charge in [0.25, 0.3) is 0 Å². The minimum atomic E-state index is 0.193. The van der Waals surface area contributed by atoms with Gasteiger partial charge in [0.2, 0.25) is 0 Å². The second-order valence-corrected chi connectivity index (χ2v) is 3.81. The van der Waals surface area contributed by atoms with Crippen molar-refractivity contribution in [3.05, 3.63) is 48.5 Å². The molecule has 0 fully saturated rings. The Morgan fingerprint density at radius 1 is 0.625 bits per heavy atom. The van der Waals surface area contributed by atoms with Crippen LogP contribution in [-0.2, 0) is 0 Å². The first-order valence-electron chi connectivity index (χ1n) is 5.10.